The largest absolute Gasteiger partial charge is 0.488 e. The minimum Gasteiger partial charge on any atom is -0.390 e. The molecule has 0 atom stereocenters. The van der Waals surface area contributed by atoms with Crippen molar-refractivity contribution in [2.75, 3.05) is 13.1 Å². The molecule has 4 amide bonds. The van der Waals surface area contributed by atoms with Crippen molar-refractivity contribution in [1.29, 1.82) is 0 Å². The maximum Gasteiger partial charge on any atom is 0.488 e. The first-order valence-corrected chi connectivity index (χ1v) is 10.2. The number of urea groups is 2. The van der Waals surface area contributed by atoms with Crippen LogP contribution in [0.25, 0.3) is 0 Å². The Morgan fingerprint density at radius 1 is 0.857 bits per heavy atom. The van der Waals surface area contributed by atoms with Gasteiger partial charge in [-0.15, -0.1) is 0 Å². The summed E-state index contributed by atoms with van der Waals surface area (Å²) in [5.74, 6) is 0. The molecule has 0 aliphatic heterocycles. The van der Waals surface area contributed by atoms with E-state index < -0.39 is 29.7 Å². The highest BCUT2D eigenvalue weighted by atomic mass is 28.5. The van der Waals surface area contributed by atoms with Crippen LogP contribution in [0.1, 0.15) is 12.8 Å². The molecular formula is C8H22N4O7Si2. The van der Waals surface area contributed by atoms with E-state index in [0.29, 0.717) is 0 Å². The van der Waals surface area contributed by atoms with Crippen molar-refractivity contribution in [3.05, 3.63) is 0 Å². The molecule has 0 rings (SSSR count). The summed E-state index contributed by atoms with van der Waals surface area (Å²) in [5.41, 5.74) is 9.65. The number of carbonyl (C=O) groups is 2. The number of rotatable bonds is 10. The molecule has 124 valence electrons. The number of nitrogens with one attached hydrogen (secondary N) is 2. The van der Waals surface area contributed by atoms with Gasteiger partial charge in [0.25, 0.3) is 0 Å². The standard InChI is InChI=1S/C8H22N4O7Si2/c9-7(13)11-3-1-5-20(15,16)19-21(17,18)6-2-4-12-8(10)14/h15-18H,1-6H2,(H3,9,11,13)(H3,10,12,14). The molecule has 0 aromatic carbocycles. The third kappa shape index (κ3) is 12.2. The molecule has 0 spiro atoms. The van der Waals surface area contributed by atoms with Gasteiger partial charge in [0.15, 0.2) is 0 Å². The fraction of sp³-hybridized carbons (Fsp3) is 0.750. The molecule has 0 radical (unpaired) electrons. The Morgan fingerprint density at radius 2 is 1.19 bits per heavy atom. The lowest BCUT2D eigenvalue weighted by Crippen LogP contribution is -2.53. The third-order valence-corrected chi connectivity index (χ3v) is 6.91. The fourth-order valence-corrected chi connectivity index (χ4v) is 5.61. The summed E-state index contributed by atoms with van der Waals surface area (Å²) >= 11 is 0. The van der Waals surface area contributed by atoms with Crippen molar-refractivity contribution in [1.82, 2.24) is 10.6 Å². The smallest absolute Gasteiger partial charge is 0.390 e. The second-order valence-corrected chi connectivity index (χ2v) is 9.17. The maximum atomic E-state index is 10.4. The van der Waals surface area contributed by atoms with Crippen LogP contribution in [0.4, 0.5) is 9.59 Å². The van der Waals surface area contributed by atoms with Crippen molar-refractivity contribution in [3.8, 4) is 0 Å². The van der Waals surface area contributed by atoms with Crippen LogP contribution < -0.4 is 22.1 Å². The number of primary amides is 2. The predicted octanol–water partition coefficient (Wildman–Crippen LogP) is -3.03. The van der Waals surface area contributed by atoms with Crippen molar-refractivity contribution in [2.24, 2.45) is 11.5 Å². The summed E-state index contributed by atoms with van der Waals surface area (Å²) in [7, 11) is -8.47. The van der Waals surface area contributed by atoms with E-state index in [9.17, 15) is 28.8 Å². The molecule has 0 saturated heterocycles. The number of nitrogens with two attached hydrogens (primary N) is 2. The Balaban J connectivity index is 4.03. The molecule has 0 aliphatic carbocycles. The Bertz CT molecular complexity index is 324. The van der Waals surface area contributed by atoms with Crippen LogP contribution in [0.15, 0.2) is 0 Å². The van der Waals surface area contributed by atoms with Gasteiger partial charge in [0.2, 0.25) is 0 Å². The Labute approximate surface area is 123 Å². The minimum atomic E-state index is -4.24. The van der Waals surface area contributed by atoms with Gasteiger partial charge in [0.05, 0.1) is 0 Å². The second-order valence-electron chi connectivity index (χ2n) is 4.38. The Morgan fingerprint density at radius 3 is 1.48 bits per heavy atom. The number of amides is 4. The Kier molecular flexibility index (Phi) is 8.41. The van der Waals surface area contributed by atoms with E-state index in [-0.39, 0.29) is 38.0 Å². The van der Waals surface area contributed by atoms with E-state index >= 15 is 0 Å². The van der Waals surface area contributed by atoms with Gasteiger partial charge in [0.1, 0.15) is 0 Å². The first-order chi connectivity index (χ1) is 9.54. The number of carbonyl (C=O) groups excluding carboxylic acids is 2. The van der Waals surface area contributed by atoms with Crippen LogP contribution >= 0.6 is 0 Å². The summed E-state index contributed by atoms with van der Waals surface area (Å²) in [5, 5.41) is 4.50. The average Bonchev–Trinajstić information content (AvgIpc) is 2.28. The molecular weight excluding hydrogens is 320 g/mol. The van der Waals surface area contributed by atoms with Gasteiger partial charge in [-0.2, -0.15) is 0 Å². The molecule has 0 fully saturated rings. The van der Waals surface area contributed by atoms with Crippen molar-refractivity contribution >= 4 is 29.7 Å². The van der Waals surface area contributed by atoms with Gasteiger partial charge >= 0.3 is 29.7 Å². The van der Waals surface area contributed by atoms with E-state index in [0.717, 1.165) is 0 Å². The number of hydrogen-bond acceptors (Lipinski definition) is 7. The van der Waals surface area contributed by atoms with Crippen LogP contribution in [0.5, 0.6) is 0 Å². The molecule has 11 nitrogen and oxygen atoms in total. The lowest BCUT2D eigenvalue weighted by atomic mass is 10.5. The minimum absolute atomic E-state index is 0.114. The van der Waals surface area contributed by atoms with E-state index in [2.05, 4.69) is 14.7 Å². The number of hydrogen-bond donors (Lipinski definition) is 8. The molecule has 21 heavy (non-hydrogen) atoms. The maximum absolute atomic E-state index is 10.4. The second kappa shape index (κ2) is 8.93. The van der Waals surface area contributed by atoms with Gasteiger partial charge in [-0.25, -0.2) is 9.59 Å². The topological polar surface area (TPSA) is 200 Å². The summed E-state index contributed by atoms with van der Waals surface area (Å²) in [4.78, 5) is 59.3. The highest BCUT2D eigenvalue weighted by molar-refractivity contribution is 6.72. The first-order valence-electron chi connectivity index (χ1n) is 6.20. The van der Waals surface area contributed by atoms with Gasteiger partial charge in [0, 0.05) is 25.2 Å². The summed E-state index contributed by atoms with van der Waals surface area (Å²) in [6.07, 6.45) is 0.325. The van der Waals surface area contributed by atoms with Crippen molar-refractivity contribution in [3.63, 3.8) is 0 Å². The zero-order valence-electron chi connectivity index (χ0n) is 11.4. The molecule has 13 heteroatoms. The molecule has 0 aromatic heterocycles. The highest BCUT2D eigenvalue weighted by Crippen LogP contribution is 2.15. The van der Waals surface area contributed by atoms with Crippen LogP contribution in [0, 0.1) is 0 Å². The average molecular weight is 342 g/mol. The summed E-state index contributed by atoms with van der Waals surface area (Å²) in [6, 6.07) is -1.92. The molecule has 0 unspecified atom stereocenters. The molecule has 10 N–H and O–H groups in total. The molecule has 0 saturated carbocycles. The van der Waals surface area contributed by atoms with Crippen LogP contribution in [-0.4, -0.2) is 61.9 Å². The van der Waals surface area contributed by atoms with E-state index in [1.54, 1.807) is 0 Å². The van der Waals surface area contributed by atoms with Crippen molar-refractivity contribution in [2.45, 2.75) is 24.9 Å². The van der Waals surface area contributed by atoms with Crippen LogP contribution in [0.3, 0.4) is 0 Å². The zero-order valence-corrected chi connectivity index (χ0v) is 13.4. The summed E-state index contributed by atoms with van der Waals surface area (Å²) < 4.78 is 4.65. The normalized spacial score (nSPS) is 12.0. The van der Waals surface area contributed by atoms with E-state index in [1.807, 2.05) is 0 Å². The monoisotopic (exact) mass is 342 g/mol. The van der Waals surface area contributed by atoms with Crippen LogP contribution in [-0.2, 0) is 4.12 Å². The quantitative estimate of drug-likeness (QED) is 0.152. The van der Waals surface area contributed by atoms with Crippen LogP contribution in [0.2, 0.25) is 12.1 Å². The zero-order chi connectivity index (χ0) is 16.5. The lowest BCUT2D eigenvalue weighted by molar-refractivity contribution is 0.153. The lowest BCUT2D eigenvalue weighted by Gasteiger charge is -2.25. The van der Waals surface area contributed by atoms with Gasteiger partial charge < -0.3 is 45.4 Å². The predicted molar refractivity (Wildman–Crippen MR) is 75.5 cm³/mol. The summed E-state index contributed by atoms with van der Waals surface area (Å²) in [6.45, 7) is 0.227. The molecule has 0 heterocycles. The highest BCUT2D eigenvalue weighted by Gasteiger charge is 2.44. The van der Waals surface area contributed by atoms with Gasteiger partial charge in [-0.1, -0.05) is 0 Å². The SMILES string of the molecule is NC(=O)NCCC[Si](O)(O)O[Si](O)(O)CCCNC(N)=O. The third-order valence-electron chi connectivity index (χ3n) is 2.28. The molecule has 0 aromatic rings. The molecule has 0 bridgehead atoms. The molecule has 0 aliphatic rings. The Hall–Kier alpha value is -1.23. The van der Waals surface area contributed by atoms with Gasteiger partial charge in [-0.3, -0.25) is 0 Å². The first kappa shape index (κ1) is 19.8. The van der Waals surface area contributed by atoms with Crippen molar-refractivity contribution < 1.29 is 32.9 Å². The fourth-order valence-electron chi connectivity index (χ4n) is 1.42. The van der Waals surface area contributed by atoms with E-state index in [1.165, 1.54) is 0 Å². The van der Waals surface area contributed by atoms with Gasteiger partial charge in [-0.05, 0) is 12.8 Å². The van der Waals surface area contributed by atoms with E-state index in [4.69, 9.17) is 11.5 Å².